The molecule has 192 valence electrons. The molecule has 2 amide bonds. The molecule has 0 saturated heterocycles. The highest BCUT2D eigenvalue weighted by Crippen LogP contribution is 2.51. The van der Waals surface area contributed by atoms with Crippen LogP contribution in [-0.2, 0) is 10.2 Å². The quantitative estimate of drug-likeness (QED) is 0.209. The number of nitro benzene ring substituents is 1. The largest absolute Gasteiger partial charge is 0.429 e. The number of non-ortho nitro benzene ring substituents is 1. The Bertz CT molecular complexity index is 1300. The summed E-state index contributed by atoms with van der Waals surface area (Å²) < 4.78 is 44.1. The Balaban J connectivity index is 1.61. The van der Waals surface area contributed by atoms with Crippen LogP contribution in [0.5, 0.6) is 5.75 Å². The van der Waals surface area contributed by atoms with Gasteiger partial charge >= 0.3 is 12.3 Å². The maximum absolute atomic E-state index is 13.5. The summed E-state index contributed by atoms with van der Waals surface area (Å²) in [6.07, 6.45) is -5.78. The summed E-state index contributed by atoms with van der Waals surface area (Å²) in [5.74, 6) is 5.03. The molecule has 12 heteroatoms. The van der Waals surface area contributed by atoms with Gasteiger partial charge in [0.2, 0.25) is 5.91 Å². The fraction of sp³-hybridized carbons (Fsp3) is 0.200. The number of nitrogens with one attached hydrogen (secondary N) is 1. The fourth-order valence-corrected chi connectivity index (χ4v) is 4.46. The highest BCUT2D eigenvalue weighted by atomic mass is 19.4. The molecular formula is C25H21F3N4O5. The molecule has 0 heterocycles. The van der Waals surface area contributed by atoms with Crippen LogP contribution >= 0.6 is 0 Å². The Kier molecular flexibility index (Phi) is 6.86. The van der Waals surface area contributed by atoms with E-state index in [1.54, 1.807) is 48.5 Å². The third kappa shape index (κ3) is 5.09. The van der Waals surface area contributed by atoms with Gasteiger partial charge in [0.15, 0.2) is 0 Å². The van der Waals surface area contributed by atoms with Gasteiger partial charge in [-0.3, -0.25) is 14.9 Å². The van der Waals surface area contributed by atoms with E-state index in [1.165, 1.54) is 12.1 Å². The number of hydrogen-bond acceptors (Lipinski definition) is 6. The van der Waals surface area contributed by atoms with Crippen LogP contribution in [0.2, 0.25) is 0 Å². The van der Waals surface area contributed by atoms with Crippen molar-refractivity contribution in [3.8, 4) is 16.9 Å². The minimum absolute atomic E-state index is 0.000223. The summed E-state index contributed by atoms with van der Waals surface area (Å²) >= 11 is 0. The van der Waals surface area contributed by atoms with Crippen LogP contribution in [0, 0.1) is 10.1 Å². The van der Waals surface area contributed by atoms with E-state index in [9.17, 15) is 32.9 Å². The van der Waals surface area contributed by atoms with Crippen molar-refractivity contribution in [3.63, 3.8) is 0 Å². The van der Waals surface area contributed by atoms with Crippen LogP contribution in [0.1, 0.15) is 17.5 Å². The van der Waals surface area contributed by atoms with Gasteiger partial charge in [0, 0.05) is 18.7 Å². The predicted octanol–water partition coefficient (Wildman–Crippen LogP) is 4.30. The number of halogens is 3. The number of rotatable bonds is 7. The number of benzene rings is 3. The summed E-state index contributed by atoms with van der Waals surface area (Å²) in [5, 5.41) is 13.5. The molecule has 0 radical (unpaired) electrons. The first-order valence-electron chi connectivity index (χ1n) is 11.1. The first-order chi connectivity index (χ1) is 17.5. The number of nitrogens with zero attached hydrogens (tertiary/aromatic N) is 2. The average Bonchev–Trinajstić information content (AvgIpc) is 3.16. The van der Waals surface area contributed by atoms with Crippen LogP contribution in [0.4, 0.5) is 23.7 Å². The highest BCUT2D eigenvalue weighted by molar-refractivity contribution is 6.00. The highest BCUT2D eigenvalue weighted by Gasteiger charge is 2.49. The molecule has 0 spiro atoms. The molecule has 0 atom stereocenters. The van der Waals surface area contributed by atoms with Crippen molar-refractivity contribution >= 4 is 17.7 Å². The zero-order valence-electron chi connectivity index (χ0n) is 19.2. The predicted molar refractivity (Wildman–Crippen MR) is 126 cm³/mol. The topological polar surface area (TPSA) is 128 Å². The summed E-state index contributed by atoms with van der Waals surface area (Å²) in [7, 11) is 0. The molecular weight excluding hydrogens is 493 g/mol. The zero-order valence-corrected chi connectivity index (χ0v) is 19.2. The van der Waals surface area contributed by atoms with E-state index in [2.05, 4.69) is 0 Å². The molecule has 1 aliphatic carbocycles. The smallest absolute Gasteiger partial charge is 0.409 e. The lowest BCUT2D eigenvalue weighted by atomic mass is 9.74. The Morgan fingerprint density at radius 1 is 0.973 bits per heavy atom. The van der Waals surface area contributed by atoms with Gasteiger partial charge in [0.1, 0.15) is 17.7 Å². The molecule has 0 aliphatic heterocycles. The third-order valence-electron chi connectivity index (χ3n) is 6.12. The van der Waals surface area contributed by atoms with Crippen molar-refractivity contribution in [1.82, 2.24) is 10.3 Å². The standard InChI is InChI=1S/C25H21F3N4O5/c26-25(27,28)15-30-22(33)24(20-7-3-1-5-18(20)19-6-2-4-8-21(19)24)13-14-31(29)23(34)37-17-11-9-16(10-12-17)32(35)36/h1-12H,13-15,29H2,(H,30,33). The molecule has 9 nitrogen and oxygen atoms in total. The van der Waals surface area contributed by atoms with E-state index in [0.717, 1.165) is 12.1 Å². The normalized spacial score (nSPS) is 13.3. The van der Waals surface area contributed by atoms with E-state index in [1.807, 2.05) is 5.32 Å². The molecule has 3 N–H and O–H groups in total. The molecule has 0 fully saturated rings. The maximum atomic E-state index is 13.5. The maximum Gasteiger partial charge on any atom is 0.429 e. The number of hydrogen-bond donors (Lipinski definition) is 2. The van der Waals surface area contributed by atoms with Gasteiger partial charge < -0.3 is 10.1 Å². The Labute approximate surface area is 208 Å². The van der Waals surface area contributed by atoms with Crippen molar-refractivity contribution < 1.29 is 32.4 Å². The van der Waals surface area contributed by atoms with Crippen molar-refractivity contribution in [2.24, 2.45) is 5.84 Å². The van der Waals surface area contributed by atoms with E-state index in [4.69, 9.17) is 10.6 Å². The summed E-state index contributed by atoms with van der Waals surface area (Å²) in [4.78, 5) is 36.2. The van der Waals surface area contributed by atoms with E-state index in [0.29, 0.717) is 27.3 Å². The van der Waals surface area contributed by atoms with Gasteiger partial charge in [0.05, 0.1) is 4.92 Å². The van der Waals surface area contributed by atoms with Gasteiger partial charge in [-0.15, -0.1) is 0 Å². The van der Waals surface area contributed by atoms with Crippen LogP contribution in [-0.4, -0.2) is 41.2 Å². The number of alkyl halides is 3. The van der Waals surface area contributed by atoms with Crippen LogP contribution in [0.25, 0.3) is 11.1 Å². The number of nitro groups is 1. The average molecular weight is 514 g/mol. The summed E-state index contributed by atoms with van der Waals surface area (Å²) in [6, 6.07) is 18.5. The molecule has 0 saturated carbocycles. The second kappa shape index (κ2) is 9.90. The molecule has 0 aromatic heterocycles. The SMILES string of the molecule is NN(CCC1(C(=O)NCC(F)(F)F)c2ccccc2-c2ccccc21)C(=O)Oc1ccc([N+](=O)[O-])cc1. The van der Waals surface area contributed by atoms with Gasteiger partial charge in [-0.25, -0.2) is 15.6 Å². The molecule has 0 unspecified atom stereocenters. The van der Waals surface area contributed by atoms with E-state index in [-0.39, 0.29) is 24.4 Å². The van der Waals surface area contributed by atoms with Crippen molar-refractivity contribution in [2.45, 2.75) is 18.0 Å². The molecule has 0 bridgehead atoms. The first kappa shape index (κ1) is 25.6. The number of carbonyl (C=O) groups is 2. The molecule has 3 aromatic rings. The van der Waals surface area contributed by atoms with Crippen molar-refractivity contribution in [2.75, 3.05) is 13.1 Å². The lowest BCUT2D eigenvalue weighted by Gasteiger charge is -2.32. The molecule has 37 heavy (non-hydrogen) atoms. The fourth-order valence-electron chi connectivity index (χ4n) is 4.46. The van der Waals surface area contributed by atoms with Crippen molar-refractivity contribution in [1.29, 1.82) is 0 Å². The summed E-state index contributed by atoms with van der Waals surface area (Å²) in [5.41, 5.74) is 0.620. The van der Waals surface area contributed by atoms with E-state index < -0.39 is 35.1 Å². The molecule has 4 rings (SSSR count). The molecule has 3 aromatic carbocycles. The summed E-state index contributed by atoms with van der Waals surface area (Å²) in [6.45, 7) is -1.78. The van der Waals surface area contributed by atoms with E-state index >= 15 is 0 Å². The first-order valence-corrected chi connectivity index (χ1v) is 11.1. The molecule has 1 aliphatic rings. The number of amides is 2. The lowest BCUT2D eigenvalue weighted by molar-refractivity contribution is -0.384. The van der Waals surface area contributed by atoms with Crippen LogP contribution < -0.4 is 15.9 Å². The number of nitrogens with two attached hydrogens (primary N) is 1. The second-order valence-electron chi connectivity index (χ2n) is 8.36. The number of fused-ring (bicyclic) bond motifs is 3. The minimum atomic E-state index is -4.62. The monoisotopic (exact) mass is 514 g/mol. The minimum Gasteiger partial charge on any atom is -0.409 e. The van der Waals surface area contributed by atoms with Gasteiger partial charge in [-0.1, -0.05) is 48.5 Å². The third-order valence-corrected chi connectivity index (χ3v) is 6.12. The zero-order chi connectivity index (χ0) is 26.8. The Morgan fingerprint density at radius 3 is 2.03 bits per heavy atom. The van der Waals surface area contributed by atoms with Gasteiger partial charge in [-0.2, -0.15) is 13.2 Å². The number of ether oxygens (including phenoxy) is 1. The lowest BCUT2D eigenvalue weighted by Crippen LogP contribution is -2.50. The van der Waals surface area contributed by atoms with Gasteiger partial charge in [0.25, 0.3) is 5.69 Å². The van der Waals surface area contributed by atoms with Gasteiger partial charge in [-0.05, 0) is 40.8 Å². The number of carbonyl (C=O) groups excluding carboxylic acids is 2. The Morgan fingerprint density at radius 2 is 1.51 bits per heavy atom. The van der Waals surface area contributed by atoms with Crippen molar-refractivity contribution in [3.05, 3.63) is 94.0 Å². The van der Waals surface area contributed by atoms with Crippen LogP contribution in [0.15, 0.2) is 72.8 Å². The second-order valence-corrected chi connectivity index (χ2v) is 8.36. The van der Waals surface area contributed by atoms with Crippen LogP contribution in [0.3, 0.4) is 0 Å². The number of hydrazine groups is 1. The Hall–Kier alpha value is -4.45.